The van der Waals surface area contributed by atoms with Crippen LogP contribution in [0.1, 0.15) is 21.5 Å². The van der Waals surface area contributed by atoms with Crippen molar-refractivity contribution in [1.29, 1.82) is 5.26 Å². The molecule has 2 aromatic carbocycles. The second kappa shape index (κ2) is 5.83. The van der Waals surface area contributed by atoms with E-state index in [0.29, 0.717) is 5.56 Å². The minimum absolute atomic E-state index is 0.271. The van der Waals surface area contributed by atoms with Crippen molar-refractivity contribution in [2.45, 2.75) is 13.5 Å². The van der Waals surface area contributed by atoms with Gasteiger partial charge in [-0.25, -0.2) is 0 Å². The molecule has 0 unspecified atom stereocenters. The highest BCUT2D eigenvalue weighted by molar-refractivity contribution is 6.08. The molecule has 3 nitrogen and oxygen atoms in total. The number of nitriles is 1. The van der Waals surface area contributed by atoms with Crippen LogP contribution in [0.3, 0.4) is 0 Å². The molecule has 0 radical (unpaired) electrons. The molecule has 2 aromatic rings. The number of ether oxygens (including phenoxy) is 1. The van der Waals surface area contributed by atoms with Gasteiger partial charge in [0.1, 0.15) is 18.4 Å². The van der Waals surface area contributed by atoms with E-state index in [1.807, 2.05) is 37.3 Å². The van der Waals surface area contributed by atoms with Crippen LogP contribution in [0.25, 0.3) is 0 Å². The Bertz CT molecular complexity index is 641. The summed E-state index contributed by atoms with van der Waals surface area (Å²) in [5.74, 6) is 0.211. The molecule has 94 valence electrons. The Hall–Kier alpha value is -2.60. The van der Waals surface area contributed by atoms with E-state index in [0.717, 1.165) is 16.9 Å². The first-order valence-electron chi connectivity index (χ1n) is 5.92. The molecule has 0 N–H and O–H groups in total. The zero-order valence-corrected chi connectivity index (χ0v) is 10.6. The summed E-state index contributed by atoms with van der Waals surface area (Å²) in [6.45, 7) is 2.26. The number of ketones is 1. The molecule has 2 rings (SSSR count). The lowest BCUT2D eigenvalue weighted by Gasteiger charge is -2.09. The molecular weight excluding hydrogens is 238 g/mol. The first-order chi connectivity index (χ1) is 9.20. The van der Waals surface area contributed by atoms with Crippen molar-refractivity contribution in [1.82, 2.24) is 0 Å². The van der Waals surface area contributed by atoms with E-state index in [1.165, 1.54) is 0 Å². The number of nitrogens with zero attached hydrogens (tertiary/aromatic N) is 1. The lowest BCUT2D eigenvalue weighted by atomic mass is 10.1. The molecule has 0 saturated carbocycles. The van der Waals surface area contributed by atoms with Crippen LogP contribution in [0.5, 0.6) is 5.75 Å². The topological polar surface area (TPSA) is 50.1 Å². The Morgan fingerprint density at radius 3 is 2.74 bits per heavy atom. The second-order valence-corrected chi connectivity index (χ2v) is 4.20. The fraction of sp³-hybridized carbons (Fsp3) is 0.125. The van der Waals surface area contributed by atoms with Crippen molar-refractivity contribution in [2.75, 3.05) is 0 Å². The molecule has 0 heterocycles. The number of hydrogen-bond donors (Lipinski definition) is 0. The molecule has 19 heavy (non-hydrogen) atoms. The standard InChI is InChI=1S/C16H13NO2/c1-12-5-4-7-14(9-12)19-11-13-6-2-3-8-15(13)16(18)10-17/h2-9H,11H2,1H3. The van der Waals surface area contributed by atoms with Crippen LogP contribution in [0.15, 0.2) is 48.5 Å². The number of Topliss-reactive ketones (excluding diaryl/α,β-unsaturated/α-hetero) is 1. The van der Waals surface area contributed by atoms with E-state index >= 15 is 0 Å². The van der Waals surface area contributed by atoms with Crippen LogP contribution in [-0.2, 0) is 6.61 Å². The fourth-order valence-electron chi connectivity index (χ4n) is 1.79. The number of aryl methyl sites for hydroxylation is 1. The summed E-state index contributed by atoms with van der Waals surface area (Å²) >= 11 is 0. The molecular formula is C16H13NO2. The summed E-state index contributed by atoms with van der Waals surface area (Å²) in [6.07, 6.45) is 0. The highest BCUT2D eigenvalue weighted by atomic mass is 16.5. The van der Waals surface area contributed by atoms with Gasteiger partial charge in [0.15, 0.2) is 0 Å². The predicted octanol–water partition coefficient (Wildman–Crippen LogP) is 3.28. The summed E-state index contributed by atoms with van der Waals surface area (Å²) in [4.78, 5) is 11.5. The van der Waals surface area contributed by atoms with Gasteiger partial charge >= 0.3 is 0 Å². The van der Waals surface area contributed by atoms with Crippen molar-refractivity contribution in [3.63, 3.8) is 0 Å². The molecule has 0 spiro atoms. The summed E-state index contributed by atoms with van der Waals surface area (Å²) < 4.78 is 5.65. The maximum absolute atomic E-state index is 11.5. The average molecular weight is 251 g/mol. The number of hydrogen-bond acceptors (Lipinski definition) is 3. The third-order valence-corrected chi connectivity index (χ3v) is 2.75. The van der Waals surface area contributed by atoms with Gasteiger partial charge < -0.3 is 4.74 Å². The molecule has 0 aromatic heterocycles. The van der Waals surface area contributed by atoms with Crippen molar-refractivity contribution >= 4 is 5.78 Å². The Morgan fingerprint density at radius 1 is 1.21 bits per heavy atom. The molecule has 0 atom stereocenters. The van der Waals surface area contributed by atoms with E-state index in [1.54, 1.807) is 24.3 Å². The Balaban J connectivity index is 2.16. The number of benzene rings is 2. The van der Waals surface area contributed by atoms with Crippen LogP contribution < -0.4 is 4.74 Å². The van der Waals surface area contributed by atoms with E-state index in [2.05, 4.69) is 0 Å². The predicted molar refractivity (Wildman–Crippen MR) is 71.9 cm³/mol. The molecule has 0 aliphatic carbocycles. The molecule has 0 saturated heterocycles. The SMILES string of the molecule is Cc1cccc(OCc2ccccc2C(=O)C#N)c1. The maximum Gasteiger partial charge on any atom is 0.262 e. The molecule has 0 aliphatic rings. The molecule has 0 bridgehead atoms. The lowest BCUT2D eigenvalue weighted by Crippen LogP contribution is -2.04. The lowest BCUT2D eigenvalue weighted by molar-refractivity contribution is 0.105. The zero-order valence-electron chi connectivity index (χ0n) is 10.6. The van der Waals surface area contributed by atoms with Crippen molar-refractivity contribution in [3.05, 3.63) is 65.2 Å². The van der Waals surface area contributed by atoms with Crippen LogP contribution >= 0.6 is 0 Å². The highest BCUT2D eigenvalue weighted by Crippen LogP contribution is 2.16. The Kier molecular flexibility index (Phi) is 3.94. The summed E-state index contributed by atoms with van der Waals surface area (Å²) in [5.41, 5.74) is 2.23. The van der Waals surface area contributed by atoms with E-state index in [9.17, 15) is 4.79 Å². The average Bonchev–Trinajstić information content (AvgIpc) is 2.45. The minimum Gasteiger partial charge on any atom is -0.489 e. The van der Waals surface area contributed by atoms with Crippen LogP contribution in [0, 0.1) is 18.3 Å². The van der Waals surface area contributed by atoms with Gasteiger partial charge in [0.2, 0.25) is 0 Å². The number of carbonyl (C=O) groups is 1. The monoisotopic (exact) mass is 251 g/mol. The minimum atomic E-state index is -0.538. The van der Waals surface area contributed by atoms with Crippen molar-refractivity contribution < 1.29 is 9.53 Å². The molecule has 3 heteroatoms. The fourth-order valence-corrected chi connectivity index (χ4v) is 1.79. The number of rotatable bonds is 4. The van der Waals surface area contributed by atoms with Crippen molar-refractivity contribution in [3.8, 4) is 11.8 Å². The van der Waals surface area contributed by atoms with Gasteiger partial charge in [-0.15, -0.1) is 0 Å². The van der Waals surface area contributed by atoms with Crippen LogP contribution in [-0.4, -0.2) is 5.78 Å². The number of carbonyl (C=O) groups excluding carboxylic acids is 1. The Morgan fingerprint density at radius 2 is 2.00 bits per heavy atom. The molecule has 0 fully saturated rings. The van der Waals surface area contributed by atoms with Gasteiger partial charge in [-0.2, -0.15) is 5.26 Å². The summed E-state index contributed by atoms with van der Waals surface area (Å²) in [6, 6.07) is 16.3. The molecule has 0 amide bonds. The third kappa shape index (κ3) is 3.20. The zero-order chi connectivity index (χ0) is 13.7. The first-order valence-corrected chi connectivity index (χ1v) is 5.92. The second-order valence-electron chi connectivity index (χ2n) is 4.20. The van der Waals surface area contributed by atoms with Gasteiger partial charge in [-0.1, -0.05) is 30.3 Å². The highest BCUT2D eigenvalue weighted by Gasteiger charge is 2.10. The van der Waals surface area contributed by atoms with Gasteiger partial charge in [0, 0.05) is 11.1 Å². The van der Waals surface area contributed by atoms with Gasteiger partial charge in [0.05, 0.1) is 0 Å². The maximum atomic E-state index is 11.5. The van der Waals surface area contributed by atoms with E-state index < -0.39 is 5.78 Å². The summed E-state index contributed by atoms with van der Waals surface area (Å²) in [7, 11) is 0. The first kappa shape index (κ1) is 12.8. The van der Waals surface area contributed by atoms with Crippen molar-refractivity contribution in [2.24, 2.45) is 0 Å². The van der Waals surface area contributed by atoms with Gasteiger partial charge in [-0.3, -0.25) is 4.79 Å². The van der Waals surface area contributed by atoms with E-state index in [4.69, 9.17) is 10.00 Å². The summed E-state index contributed by atoms with van der Waals surface area (Å²) in [5, 5.41) is 8.69. The van der Waals surface area contributed by atoms with Crippen LogP contribution in [0.2, 0.25) is 0 Å². The third-order valence-electron chi connectivity index (χ3n) is 2.75. The molecule has 0 aliphatic heterocycles. The Labute approximate surface area is 112 Å². The van der Waals surface area contributed by atoms with Gasteiger partial charge in [0.25, 0.3) is 5.78 Å². The normalized spacial score (nSPS) is 9.68. The van der Waals surface area contributed by atoms with Crippen LogP contribution in [0.4, 0.5) is 0 Å². The van der Waals surface area contributed by atoms with Gasteiger partial charge in [-0.05, 0) is 30.7 Å². The quantitative estimate of drug-likeness (QED) is 0.619. The smallest absolute Gasteiger partial charge is 0.262 e. The van der Waals surface area contributed by atoms with E-state index in [-0.39, 0.29) is 6.61 Å². The largest absolute Gasteiger partial charge is 0.489 e.